The summed E-state index contributed by atoms with van der Waals surface area (Å²) in [7, 11) is 0. The van der Waals surface area contributed by atoms with Crippen LogP contribution in [0.2, 0.25) is 0 Å². The zero-order valence-electron chi connectivity index (χ0n) is 15.8. The standard InChI is InChI=1S/C20H28N6/c1-14-11-15(2)26(23-14)20-6-5-19(21-22-20)25-9-7-24(8-10-25)18-13-16-3-4-17(18)12-16/h5-6,11,16-18H,3-4,7-10,12-13H2,1-2H3. The van der Waals surface area contributed by atoms with Crippen LogP contribution >= 0.6 is 0 Å². The van der Waals surface area contributed by atoms with Crippen molar-refractivity contribution in [2.75, 3.05) is 31.1 Å². The summed E-state index contributed by atoms with van der Waals surface area (Å²) in [5.74, 6) is 3.78. The van der Waals surface area contributed by atoms with Gasteiger partial charge in [0.05, 0.1) is 5.69 Å². The maximum atomic E-state index is 4.49. The van der Waals surface area contributed by atoms with Gasteiger partial charge in [-0.15, -0.1) is 10.2 Å². The molecule has 3 fully saturated rings. The molecule has 1 saturated heterocycles. The summed E-state index contributed by atoms with van der Waals surface area (Å²) < 4.78 is 1.86. The Balaban J connectivity index is 1.23. The molecule has 3 aliphatic rings. The molecule has 3 atom stereocenters. The summed E-state index contributed by atoms with van der Waals surface area (Å²) in [5.41, 5.74) is 2.09. The van der Waals surface area contributed by atoms with E-state index in [0.29, 0.717) is 0 Å². The molecule has 2 aliphatic carbocycles. The van der Waals surface area contributed by atoms with Gasteiger partial charge in [0.1, 0.15) is 0 Å². The first-order valence-corrected chi connectivity index (χ1v) is 10.0. The van der Waals surface area contributed by atoms with E-state index in [-0.39, 0.29) is 0 Å². The summed E-state index contributed by atoms with van der Waals surface area (Å²) in [4.78, 5) is 5.12. The Morgan fingerprint density at radius 2 is 1.69 bits per heavy atom. The van der Waals surface area contributed by atoms with Gasteiger partial charge < -0.3 is 4.90 Å². The van der Waals surface area contributed by atoms with Crippen LogP contribution in [0.4, 0.5) is 5.82 Å². The molecule has 0 spiro atoms. The summed E-state index contributed by atoms with van der Waals surface area (Å²) in [6, 6.07) is 7.04. The molecule has 3 unspecified atom stereocenters. The van der Waals surface area contributed by atoms with Crippen LogP contribution < -0.4 is 4.90 Å². The second-order valence-corrected chi connectivity index (χ2v) is 8.35. The SMILES string of the molecule is Cc1cc(C)n(-c2ccc(N3CCN(C4CC5CCC4C5)CC3)nn2)n1. The number of hydrogen-bond acceptors (Lipinski definition) is 5. The van der Waals surface area contributed by atoms with Crippen LogP contribution in [0.5, 0.6) is 0 Å². The highest BCUT2D eigenvalue weighted by Gasteiger charge is 2.42. The van der Waals surface area contributed by atoms with Crippen molar-refractivity contribution in [1.82, 2.24) is 24.9 Å². The molecule has 0 amide bonds. The number of rotatable bonds is 3. The minimum absolute atomic E-state index is 0.792. The maximum Gasteiger partial charge on any atom is 0.176 e. The summed E-state index contributed by atoms with van der Waals surface area (Å²) in [6.07, 6.45) is 5.89. The van der Waals surface area contributed by atoms with Crippen LogP contribution in [0.1, 0.15) is 37.1 Å². The van der Waals surface area contributed by atoms with Gasteiger partial charge in [0.25, 0.3) is 0 Å². The zero-order valence-corrected chi connectivity index (χ0v) is 15.8. The maximum absolute atomic E-state index is 4.49. The summed E-state index contributed by atoms with van der Waals surface area (Å²) >= 11 is 0. The molecule has 5 rings (SSSR count). The number of aromatic nitrogens is 4. The molecule has 138 valence electrons. The molecule has 3 heterocycles. The van der Waals surface area contributed by atoms with Crippen LogP contribution in [0.25, 0.3) is 5.82 Å². The number of aryl methyl sites for hydroxylation is 2. The summed E-state index contributed by atoms with van der Waals surface area (Å²) in [5, 5.41) is 13.4. The lowest BCUT2D eigenvalue weighted by Gasteiger charge is -2.41. The molecule has 26 heavy (non-hydrogen) atoms. The van der Waals surface area contributed by atoms with E-state index in [1.807, 2.05) is 24.6 Å². The van der Waals surface area contributed by atoms with Gasteiger partial charge in [0.15, 0.2) is 11.6 Å². The largest absolute Gasteiger partial charge is 0.353 e. The first-order valence-electron chi connectivity index (χ1n) is 10.0. The Kier molecular flexibility index (Phi) is 3.96. The highest BCUT2D eigenvalue weighted by atomic mass is 15.4. The monoisotopic (exact) mass is 352 g/mol. The number of anilines is 1. The highest BCUT2D eigenvalue weighted by molar-refractivity contribution is 5.40. The lowest BCUT2D eigenvalue weighted by Crippen LogP contribution is -2.52. The molecular formula is C20H28N6. The van der Waals surface area contributed by atoms with E-state index < -0.39 is 0 Å². The summed E-state index contributed by atoms with van der Waals surface area (Å²) in [6.45, 7) is 8.48. The first-order chi connectivity index (χ1) is 12.7. The van der Waals surface area contributed by atoms with Gasteiger partial charge in [-0.1, -0.05) is 6.42 Å². The average Bonchev–Trinajstić information content (AvgIpc) is 3.38. The van der Waals surface area contributed by atoms with E-state index >= 15 is 0 Å². The average molecular weight is 352 g/mol. The van der Waals surface area contributed by atoms with Crippen molar-refractivity contribution in [3.63, 3.8) is 0 Å². The van der Waals surface area contributed by atoms with Gasteiger partial charge in [0, 0.05) is 37.9 Å². The van der Waals surface area contributed by atoms with Crippen LogP contribution in [-0.4, -0.2) is 57.1 Å². The van der Waals surface area contributed by atoms with Crippen molar-refractivity contribution in [2.45, 2.75) is 45.6 Å². The predicted molar refractivity (Wildman–Crippen MR) is 102 cm³/mol. The highest BCUT2D eigenvalue weighted by Crippen LogP contribution is 2.46. The fourth-order valence-electron chi connectivity index (χ4n) is 5.40. The molecule has 2 aromatic heterocycles. The Morgan fingerprint density at radius 1 is 0.923 bits per heavy atom. The van der Waals surface area contributed by atoms with Crippen molar-refractivity contribution in [3.05, 3.63) is 29.6 Å². The fourth-order valence-corrected chi connectivity index (χ4v) is 5.40. The zero-order chi connectivity index (χ0) is 17.7. The second kappa shape index (κ2) is 6.34. The van der Waals surface area contributed by atoms with Gasteiger partial charge in [-0.25, -0.2) is 4.68 Å². The van der Waals surface area contributed by atoms with Crippen molar-refractivity contribution in [3.8, 4) is 5.82 Å². The van der Waals surface area contributed by atoms with Gasteiger partial charge >= 0.3 is 0 Å². The molecule has 6 heteroatoms. The van der Waals surface area contributed by atoms with Crippen molar-refractivity contribution in [1.29, 1.82) is 0 Å². The second-order valence-electron chi connectivity index (χ2n) is 8.35. The third-order valence-corrected chi connectivity index (χ3v) is 6.67. The van der Waals surface area contributed by atoms with Crippen LogP contribution in [0.3, 0.4) is 0 Å². The molecule has 0 aromatic carbocycles. The molecule has 0 radical (unpaired) electrons. The first kappa shape index (κ1) is 16.2. The molecule has 2 aromatic rings. The van der Waals surface area contributed by atoms with Gasteiger partial charge in [-0.05, 0) is 63.1 Å². The molecule has 2 bridgehead atoms. The lowest BCUT2D eigenvalue weighted by molar-refractivity contribution is 0.134. The van der Waals surface area contributed by atoms with E-state index in [0.717, 1.165) is 67.1 Å². The minimum atomic E-state index is 0.792. The van der Waals surface area contributed by atoms with E-state index in [1.165, 1.54) is 25.7 Å². The number of fused-ring (bicyclic) bond motifs is 2. The Labute approximate surface area is 155 Å². The van der Waals surface area contributed by atoms with Gasteiger partial charge in [0.2, 0.25) is 0 Å². The third-order valence-electron chi connectivity index (χ3n) is 6.67. The van der Waals surface area contributed by atoms with E-state index in [9.17, 15) is 0 Å². The molecule has 6 nitrogen and oxygen atoms in total. The minimum Gasteiger partial charge on any atom is -0.353 e. The van der Waals surface area contributed by atoms with Crippen LogP contribution in [0, 0.1) is 25.7 Å². The van der Waals surface area contributed by atoms with Crippen LogP contribution in [-0.2, 0) is 0 Å². The van der Waals surface area contributed by atoms with E-state index in [1.54, 1.807) is 0 Å². The number of nitrogens with zero attached hydrogens (tertiary/aromatic N) is 6. The molecule has 2 saturated carbocycles. The van der Waals surface area contributed by atoms with Crippen LogP contribution in [0.15, 0.2) is 18.2 Å². The molecule has 1 aliphatic heterocycles. The Hall–Kier alpha value is -1.95. The lowest BCUT2D eigenvalue weighted by atomic mass is 9.93. The normalized spacial score (nSPS) is 28.8. The predicted octanol–water partition coefficient (Wildman–Crippen LogP) is 2.59. The smallest absolute Gasteiger partial charge is 0.176 e. The number of piperazine rings is 1. The van der Waals surface area contributed by atoms with E-state index in [4.69, 9.17) is 0 Å². The van der Waals surface area contributed by atoms with Crippen molar-refractivity contribution >= 4 is 5.82 Å². The van der Waals surface area contributed by atoms with Crippen molar-refractivity contribution < 1.29 is 0 Å². The Morgan fingerprint density at radius 3 is 2.27 bits per heavy atom. The number of hydrogen-bond donors (Lipinski definition) is 0. The van der Waals surface area contributed by atoms with E-state index in [2.05, 4.69) is 37.2 Å². The topological polar surface area (TPSA) is 50.1 Å². The van der Waals surface area contributed by atoms with Gasteiger partial charge in [-0.3, -0.25) is 4.90 Å². The fraction of sp³-hybridized carbons (Fsp3) is 0.650. The van der Waals surface area contributed by atoms with Gasteiger partial charge in [-0.2, -0.15) is 5.10 Å². The molecule has 0 N–H and O–H groups in total. The molecular weight excluding hydrogens is 324 g/mol. The quantitative estimate of drug-likeness (QED) is 0.850. The third kappa shape index (κ3) is 2.80. The Bertz CT molecular complexity index is 774. The van der Waals surface area contributed by atoms with Crippen molar-refractivity contribution in [2.24, 2.45) is 11.8 Å².